The van der Waals surface area contributed by atoms with Gasteiger partial charge in [-0.25, -0.2) is 0 Å². The molecule has 1 aliphatic rings. The molecule has 0 spiro atoms. The summed E-state index contributed by atoms with van der Waals surface area (Å²) in [5.41, 5.74) is -0.0520. The molecule has 0 aromatic carbocycles. The molecule has 0 bridgehead atoms. The molecule has 1 aromatic heterocycles. The molecule has 0 radical (unpaired) electrons. The Hall–Kier alpha value is -1.05. The van der Waals surface area contributed by atoms with Gasteiger partial charge in [-0.3, -0.25) is 4.79 Å². The Bertz CT molecular complexity index is 351. The van der Waals surface area contributed by atoms with Gasteiger partial charge in [0.2, 0.25) is 0 Å². The Morgan fingerprint density at radius 1 is 1.43 bits per heavy atom. The summed E-state index contributed by atoms with van der Waals surface area (Å²) < 4.78 is 5.62. The quantitative estimate of drug-likeness (QED) is 0.684. The van der Waals surface area contributed by atoms with E-state index in [1.165, 1.54) is 0 Å². The van der Waals surface area contributed by atoms with E-state index in [1.54, 1.807) is 0 Å². The van der Waals surface area contributed by atoms with Gasteiger partial charge in [-0.05, 0) is 31.9 Å². The normalized spacial score (nSPS) is 28.0. The molecular formula is C12H16O2. The third-order valence-electron chi connectivity index (χ3n) is 3.11. The molecular weight excluding hydrogens is 176 g/mol. The van der Waals surface area contributed by atoms with Crippen LogP contribution in [-0.4, -0.2) is 5.78 Å². The van der Waals surface area contributed by atoms with E-state index in [1.807, 2.05) is 19.1 Å². The van der Waals surface area contributed by atoms with Gasteiger partial charge in [0.05, 0.1) is 0 Å². The highest BCUT2D eigenvalue weighted by Gasteiger charge is 2.35. The second-order valence-electron chi connectivity index (χ2n) is 4.54. The van der Waals surface area contributed by atoms with Crippen molar-refractivity contribution >= 4 is 5.78 Å². The molecule has 2 heteroatoms. The fourth-order valence-corrected chi connectivity index (χ4v) is 2.26. The van der Waals surface area contributed by atoms with E-state index < -0.39 is 0 Å². The number of carbonyl (C=O) groups is 1. The fraction of sp³-hybridized carbons (Fsp3) is 0.583. The van der Waals surface area contributed by atoms with E-state index in [4.69, 9.17) is 4.42 Å². The molecule has 0 amide bonds. The summed E-state index contributed by atoms with van der Waals surface area (Å²) in [5, 5.41) is 0. The molecule has 1 atom stereocenters. The maximum absolute atomic E-state index is 11.4. The second-order valence-corrected chi connectivity index (χ2v) is 4.54. The van der Waals surface area contributed by atoms with Crippen LogP contribution in [0.4, 0.5) is 0 Å². The minimum atomic E-state index is -0.0520. The molecule has 14 heavy (non-hydrogen) atoms. The van der Waals surface area contributed by atoms with Gasteiger partial charge >= 0.3 is 0 Å². The van der Waals surface area contributed by atoms with Gasteiger partial charge in [-0.15, -0.1) is 0 Å². The third kappa shape index (κ3) is 1.61. The van der Waals surface area contributed by atoms with Crippen LogP contribution in [-0.2, 0) is 10.2 Å². The summed E-state index contributed by atoms with van der Waals surface area (Å²) in [6.45, 7) is 4.07. The molecule has 1 aliphatic carbocycles. The summed E-state index contributed by atoms with van der Waals surface area (Å²) in [6.07, 6.45) is 3.44. The first kappa shape index (κ1) is 9.50. The van der Waals surface area contributed by atoms with E-state index in [0.29, 0.717) is 12.2 Å². The average molecular weight is 192 g/mol. The van der Waals surface area contributed by atoms with Gasteiger partial charge in [0.25, 0.3) is 0 Å². The van der Waals surface area contributed by atoms with Gasteiger partial charge in [-0.1, -0.05) is 6.92 Å². The van der Waals surface area contributed by atoms with Crippen LogP contribution in [0.2, 0.25) is 0 Å². The molecule has 1 fully saturated rings. The SMILES string of the molecule is Cc1ccc([C@@]2(C)CCCC(=O)C2)o1. The van der Waals surface area contributed by atoms with Gasteiger partial charge in [0, 0.05) is 18.3 Å². The molecule has 1 heterocycles. The monoisotopic (exact) mass is 192 g/mol. The predicted octanol–water partition coefficient (Wildman–Crippen LogP) is 2.99. The van der Waals surface area contributed by atoms with Gasteiger partial charge < -0.3 is 4.42 Å². The molecule has 0 unspecified atom stereocenters. The van der Waals surface area contributed by atoms with E-state index >= 15 is 0 Å². The number of carbonyl (C=O) groups excluding carboxylic acids is 1. The molecule has 2 nitrogen and oxygen atoms in total. The van der Waals surface area contributed by atoms with Gasteiger partial charge in [0.1, 0.15) is 17.3 Å². The van der Waals surface area contributed by atoms with Crippen LogP contribution in [0.3, 0.4) is 0 Å². The third-order valence-corrected chi connectivity index (χ3v) is 3.11. The Labute approximate surface area is 84.3 Å². The van der Waals surface area contributed by atoms with Crippen LogP contribution in [0.25, 0.3) is 0 Å². The van der Waals surface area contributed by atoms with Crippen LogP contribution in [0, 0.1) is 6.92 Å². The number of Topliss-reactive ketones (excluding diaryl/α,β-unsaturated/α-hetero) is 1. The Kier molecular flexibility index (Phi) is 2.22. The van der Waals surface area contributed by atoms with Crippen molar-refractivity contribution in [1.82, 2.24) is 0 Å². The summed E-state index contributed by atoms with van der Waals surface area (Å²) in [5.74, 6) is 2.27. The van der Waals surface area contributed by atoms with Crippen molar-refractivity contribution in [2.45, 2.75) is 44.9 Å². The summed E-state index contributed by atoms with van der Waals surface area (Å²) in [7, 11) is 0. The Morgan fingerprint density at radius 3 is 2.79 bits per heavy atom. The van der Waals surface area contributed by atoms with E-state index in [0.717, 1.165) is 30.8 Å². The van der Waals surface area contributed by atoms with Crippen molar-refractivity contribution < 1.29 is 9.21 Å². The highest BCUT2D eigenvalue weighted by molar-refractivity contribution is 5.80. The first-order chi connectivity index (χ1) is 6.60. The highest BCUT2D eigenvalue weighted by Crippen LogP contribution is 2.38. The van der Waals surface area contributed by atoms with Gasteiger partial charge in [0.15, 0.2) is 0 Å². The lowest BCUT2D eigenvalue weighted by molar-refractivity contribution is -0.122. The minimum absolute atomic E-state index is 0.0520. The zero-order valence-corrected chi connectivity index (χ0v) is 8.80. The molecule has 0 N–H and O–H groups in total. The molecule has 0 aliphatic heterocycles. The van der Waals surface area contributed by atoms with Crippen molar-refractivity contribution in [1.29, 1.82) is 0 Å². The topological polar surface area (TPSA) is 30.2 Å². The summed E-state index contributed by atoms with van der Waals surface area (Å²) >= 11 is 0. The minimum Gasteiger partial charge on any atom is -0.466 e. The van der Waals surface area contributed by atoms with Crippen molar-refractivity contribution in [3.63, 3.8) is 0 Å². The maximum atomic E-state index is 11.4. The van der Waals surface area contributed by atoms with Crippen molar-refractivity contribution in [2.75, 3.05) is 0 Å². The van der Waals surface area contributed by atoms with Crippen LogP contribution < -0.4 is 0 Å². The fourth-order valence-electron chi connectivity index (χ4n) is 2.26. The van der Waals surface area contributed by atoms with E-state index in [2.05, 4.69) is 6.92 Å². The van der Waals surface area contributed by atoms with Crippen molar-refractivity contribution in [3.8, 4) is 0 Å². The predicted molar refractivity (Wildman–Crippen MR) is 54.3 cm³/mol. The lowest BCUT2D eigenvalue weighted by Crippen LogP contribution is -2.29. The van der Waals surface area contributed by atoms with E-state index in [-0.39, 0.29) is 5.41 Å². The Balaban J connectivity index is 2.26. The van der Waals surface area contributed by atoms with E-state index in [9.17, 15) is 4.79 Å². The average Bonchev–Trinajstić information content (AvgIpc) is 2.52. The lowest BCUT2D eigenvalue weighted by Gasteiger charge is -2.30. The number of ketones is 1. The number of aryl methyl sites for hydroxylation is 1. The zero-order chi connectivity index (χ0) is 10.2. The van der Waals surface area contributed by atoms with Gasteiger partial charge in [-0.2, -0.15) is 0 Å². The summed E-state index contributed by atoms with van der Waals surface area (Å²) in [4.78, 5) is 11.4. The number of furan rings is 1. The van der Waals surface area contributed by atoms with Crippen molar-refractivity contribution in [2.24, 2.45) is 0 Å². The maximum Gasteiger partial charge on any atom is 0.133 e. The zero-order valence-electron chi connectivity index (χ0n) is 8.80. The van der Waals surface area contributed by atoms with Crippen LogP contribution >= 0.6 is 0 Å². The second kappa shape index (κ2) is 3.26. The smallest absolute Gasteiger partial charge is 0.133 e. The van der Waals surface area contributed by atoms with Crippen LogP contribution in [0.5, 0.6) is 0 Å². The summed E-state index contributed by atoms with van der Waals surface area (Å²) in [6, 6.07) is 3.98. The number of hydrogen-bond acceptors (Lipinski definition) is 2. The highest BCUT2D eigenvalue weighted by atomic mass is 16.3. The largest absolute Gasteiger partial charge is 0.466 e. The first-order valence-corrected chi connectivity index (χ1v) is 5.19. The molecule has 76 valence electrons. The van der Waals surface area contributed by atoms with Crippen molar-refractivity contribution in [3.05, 3.63) is 23.7 Å². The van der Waals surface area contributed by atoms with Crippen LogP contribution in [0.15, 0.2) is 16.5 Å². The first-order valence-electron chi connectivity index (χ1n) is 5.19. The molecule has 1 aromatic rings. The Morgan fingerprint density at radius 2 is 2.21 bits per heavy atom. The standard InChI is InChI=1S/C12H16O2/c1-9-5-6-11(14-9)12(2)7-3-4-10(13)8-12/h5-6H,3-4,7-8H2,1-2H3/t12-/m0/s1. The molecule has 0 saturated heterocycles. The molecule has 2 rings (SSSR count). The van der Waals surface area contributed by atoms with Crippen LogP contribution in [0.1, 0.15) is 44.1 Å². The lowest BCUT2D eigenvalue weighted by atomic mass is 9.73. The number of rotatable bonds is 1. The molecule has 1 saturated carbocycles. The number of hydrogen-bond donors (Lipinski definition) is 0.